The van der Waals surface area contributed by atoms with Crippen LogP contribution in [0.25, 0.3) is 0 Å². The van der Waals surface area contributed by atoms with Crippen molar-refractivity contribution in [2.75, 3.05) is 38.3 Å². The molecule has 1 N–H and O–H groups in total. The van der Waals surface area contributed by atoms with Gasteiger partial charge < -0.3 is 19.1 Å². The van der Waals surface area contributed by atoms with Crippen LogP contribution in [0.15, 0.2) is 64.0 Å². The van der Waals surface area contributed by atoms with Crippen LogP contribution in [-0.2, 0) is 43.1 Å². The Balaban J connectivity index is 1.38. The largest absolute Gasteiger partial charge is 0.490 e. The monoisotopic (exact) mass is 735 g/mol. The number of nitrogens with zero attached hydrogens (tertiary/aromatic N) is 4. The summed E-state index contributed by atoms with van der Waals surface area (Å²) in [4.78, 5) is 30.1. The van der Waals surface area contributed by atoms with Crippen molar-refractivity contribution in [3.63, 3.8) is 0 Å². The zero-order valence-corrected chi connectivity index (χ0v) is 31.4. The predicted octanol–water partition coefficient (Wildman–Crippen LogP) is 5.96. The van der Waals surface area contributed by atoms with Gasteiger partial charge in [-0.1, -0.05) is 29.8 Å². The minimum Gasteiger partial charge on any atom is -0.490 e. The molecule has 4 aliphatic rings. The van der Waals surface area contributed by atoms with E-state index in [0.717, 1.165) is 42.8 Å². The van der Waals surface area contributed by atoms with Crippen LogP contribution in [0.2, 0.25) is 5.02 Å². The number of carbonyl (C=O) groups is 2. The van der Waals surface area contributed by atoms with Gasteiger partial charge in [0.1, 0.15) is 11.4 Å². The van der Waals surface area contributed by atoms with Gasteiger partial charge in [-0.15, -0.1) is 4.36 Å². The maximum absolute atomic E-state index is 15.1. The molecule has 1 unspecified atom stereocenters. The van der Waals surface area contributed by atoms with E-state index < -0.39 is 27.3 Å². The molecule has 2 amide bonds. The van der Waals surface area contributed by atoms with Crippen LogP contribution in [-0.4, -0.2) is 70.9 Å². The van der Waals surface area contributed by atoms with Crippen LogP contribution in [0, 0.1) is 18.8 Å². The van der Waals surface area contributed by atoms with E-state index in [9.17, 15) is 9.59 Å². The van der Waals surface area contributed by atoms with Crippen LogP contribution >= 0.6 is 11.6 Å². The number of nitrogens with one attached hydrogen (secondary N) is 1. The molecule has 3 aromatic rings. The summed E-state index contributed by atoms with van der Waals surface area (Å²) < 4.78 is 42.2. The fourth-order valence-corrected chi connectivity index (χ4v) is 9.77. The summed E-state index contributed by atoms with van der Waals surface area (Å²) in [6.45, 7) is 6.87. The van der Waals surface area contributed by atoms with Gasteiger partial charge in [0.15, 0.2) is 9.92 Å². The van der Waals surface area contributed by atoms with Crippen molar-refractivity contribution in [3.8, 4) is 5.75 Å². The summed E-state index contributed by atoms with van der Waals surface area (Å²) in [6, 6.07) is 11.4. The second-order valence-electron chi connectivity index (χ2n) is 14.8. The third kappa shape index (κ3) is 6.71. The lowest BCUT2D eigenvalue weighted by Gasteiger charge is -2.46. The fourth-order valence-electron chi connectivity index (χ4n) is 7.97. The average Bonchev–Trinajstić information content (AvgIpc) is 3.34. The molecule has 2 bridgehead atoms. The van der Waals surface area contributed by atoms with E-state index in [0.29, 0.717) is 37.1 Å². The van der Waals surface area contributed by atoms with E-state index >= 15 is 4.21 Å². The molecule has 1 saturated carbocycles. The molecule has 2 aliphatic carbocycles. The van der Waals surface area contributed by atoms with Gasteiger partial charge in [-0.05, 0) is 106 Å². The van der Waals surface area contributed by atoms with E-state index in [4.69, 9.17) is 25.8 Å². The van der Waals surface area contributed by atoms with Crippen LogP contribution in [0.5, 0.6) is 5.75 Å². The standard InChI is InChI=1S/C38H46ClN5O6S/c1-24-30(20-40-43(24)4)35(45)41-51(47)28-12-15-34-32(19-28)44(22-38(23-49-34)16-6-8-25-18-27(39)11-14-31(25)38)21-26-10-13-29(26)33(48-5)9-7-17-50-37(2,3)36(46)42-51/h7,9,11-12,14-15,18-20,26,29,33H,6,8,10,13,16-17,21-23H2,1-5H3,(H,41,42,45,46,47)/b9-7-/t26-,29+,33-,38-,51?/m0/s1. The predicted molar refractivity (Wildman–Crippen MR) is 196 cm³/mol. The van der Waals surface area contributed by atoms with Crippen LogP contribution in [0.4, 0.5) is 5.69 Å². The lowest BCUT2D eigenvalue weighted by atomic mass is 9.68. The minimum atomic E-state index is -3.89. The second kappa shape index (κ2) is 13.7. The summed E-state index contributed by atoms with van der Waals surface area (Å²) in [5.74, 6) is -0.186. The Kier molecular flexibility index (Phi) is 9.58. The highest BCUT2D eigenvalue weighted by Crippen LogP contribution is 2.47. The number of carbonyl (C=O) groups excluding carboxylic acids is 2. The number of halogens is 1. The van der Waals surface area contributed by atoms with Crippen LogP contribution in [0.1, 0.15) is 66.7 Å². The van der Waals surface area contributed by atoms with Crippen molar-refractivity contribution < 1.29 is 28.0 Å². The summed E-state index contributed by atoms with van der Waals surface area (Å²) in [7, 11) is -0.443. The third-order valence-corrected chi connectivity index (χ3v) is 13.3. The Hall–Kier alpha value is -3.71. The van der Waals surface area contributed by atoms with Gasteiger partial charge in [0.25, 0.3) is 11.8 Å². The topological polar surface area (TPSA) is 124 Å². The first-order valence-corrected chi connectivity index (χ1v) is 19.5. The molecule has 1 fully saturated rings. The lowest BCUT2D eigenvalue weighted by molar-refractivity contribution is -0.137. The molecule has 3 heterocycles. The molecule has 11 nitrogen and oxygen atoms in total. The summed E-state index contributed by atoms with van der Waals surface area (Å²) >= 11 is 6.47. The molecule has 2 aromatic carbocycles. The molecule has 2 aliphatic heterocycles. The van der Waals surface area contributed by atoms with Gasteiger partial charge in [-0.25, -0.2) is 4.21 Å². The normalized spacial score (nSPS) is 29.4. The van der Waals surface area contributed by atoms with Gasteiger partial charge in [0, 0.05) is 43.4 Å². The zero-order chi connectivity index (χ0) is 36.1. The Bertz CT molecular complexity index is 2020. The van der Waals surface area contributed by atoms with Crippen molar-refractivity contribution in [1.29, 1.82) is 0 Å². The SMILES string of the molecule is CO[C@H]1/C=C\COC(C)(C)C(=O)N=S(=O)(NC(=O)c2cnn(C)c2C)c2ccc3c(c2)N(C[C@@H]2CC[C@H]21)C[C@@]1(CCCc2cc(Cl)ccc21)CO3. The number of aryl methyl sites for hydroxylation is 2. The van der Waals surface area contributed by atoms with Gasteiger partial charge in [-0.2, -0.15) is 5.10 Å². The summed E-state index contributed by atoms with van der Waals surface area (Å²) in [6.07, 6.45) is 10.1. The summed E-state index contributed by atoms with van der Waals surface area (Å²) in [5.41, 5.74) is 2.28. The minimum absolute atomic E-state index is 0.117. The number of anilines is 1. The van der Waals surface area contributed by atoms with Crippen molar-refractivity contribution >= 4 is 39.0 Å². The first kappa shape index (κ1) is 35.7. The molecule has 13 heteroatoms. The molecular weight excluding hydrogens is 690 g/mol. The van der Waals surface area contributed by atoms with E-state index in [-0.39, 0.29) is 34.5 Å². The quantitative estimate of drug-likeness (QED) is 0.327. The van der Waals surface area contributed by atoms with Gasteiger partial charge in [0.2, 0.25) is 0 Å². The van der Waals surface area contributed by atoms with Crippen molar-refractivity contribution in [2.24, 2.45) is 23.2 Å². The van der Waals surface area contributed by atoms with E-state index in [1.807, 2.05) is 18.2 Å². The van der Waals surface area contributed by atoms with E-state index in [1.54, 1.807) is 57.8 Å². The Morgan fingerprint density at radius 1 is 1.18 bits per heavy atom. The smallest absolute Gasteiger partial charge is 0.287 e. The highest BCUT2D eigenvalue weighted by molar-refractivity contribution is 7.92. The number of rotatable bonds is 3. The number of amides is 2. The first-order chi connectivity index (χ1) is 24.3. The number of methoxy groups -OCH3 is 1. The number of hydrogen-bond donors (Lipinski definition) is 1. The molecule has 0 radical (unpaired) electrons. The Morgan fingerprint density at radius 2 is 2.00 bits per heavy atom. The number of benzene rings is 2. The molecule has 1 spiro atoms. The molecule has 51 heavy (non-hydrogen) atoms. The van der Waals surface area contributed by atoms with Gasteiger partial charge in [0.05, 0.1) is 41.7 Å². The van der Waals surface area contributed by atoms with Crippen molar-refractivity contribution in [1.82, 2.24) is 14.5 Å². The van der Waals surface area contributed by atoms with Gasteiger partial charge in [-0.3, -0.25) is 19.0 Å². The average molecular weight is 736 g/mol. The number of fused-ring (bicyclic) bond motifs is 4. The fraction of sp³-hybridized carbons (Fsp3) is 0.500. The van der Waals surface area contributed by atoms with Crippen molar-refractivity contribution in [3.05, 3.63) is 82.2 Å². The highest BCUT2D eigenvalue weighted by atomic mass is 35.5. The highest BCUT2D eigenvalue weighted by Gasteiger charge is 2.45. The summed E-state index contributed by atoms with van der Waals surface area (Å²) in [5, 5.41) is 4.90. The van der Waals surface area contributed by atoms with Gasteiger partial charge >= 0.3 is 0 Å². The molecule has 7 rings (SSSR count). The lowest BCUT2D eigenvalue weighted by Crippen LogP contribution is -2.49. The molecule has 272 valence electrons. The zero-order valence-electron chi connectivity index (χ0n) is 29.8. The molecule has 1 aromatic heterocycles. The molecule has 0 saturated heterocycles. The van der Waals surface area contributed by atoms with Crippen LogP contribution < -0.4 is 14.4 Å². The van der Waals surface area contributed by atoms with E-state index in [1.165, 1.54) is 17.3 Å². The van der Waals surface area contributed by atoms with Crippen molar-refractivity contribution in [2.45, 2.75) is 74.9 Å². The van der Waals surface area contributed by atoms with Crippen LogP contribution in [0.3, 0.4) is 0 Å². The third-order valence-electron chi connectivity index (χ3n) is 11.3. The number of aromatic nitrogens is 2. The van der Waals surface area contributed by atoms with E-state index in [2.05, 4.69) is 31.2 Å². The second-order valence-corrected chi connectivity index (χ2v) is 17.2. The Morgan fingerprint density at radius 3 is 2.73 bits per heavy atom. The molecule has 5 atom stereocenters. The first-order valence-electron chi connectivity index (χ1n) is 17.6. The number of hydrogen-bond acceptors (Lipinski definition) is 8. The Labute approximate surface area is 305 Å². The molecular formula is C38H46ClN5O6S. The maximum atomic E-state index is 15.1. The number of ether oxygens (including phenoxy) is 3. The maximum Gasteiger partial charge on any atom is 0.287 e.